The molecule has 16 nitrogen and oxygen atoms in total. The number of likely N-dealkylation sites (tertiary alicyclic amines) is 3. The molecule has 0 bridgehead atoms. The maximum absolute atomic E-state index is 14.2. The normalized spacial score (nSPS) is 21.0. The number of aliphatic hydroxyl groups excluding tert-OH is 1. The number of fused-ring (bicyclic) bond motifs is 1. The Morgan fingerprint density at radius 2 is 1.79 bits per heavy atom. The molecule has 4 aliphatic heterocycles. The standard InChI is InChI=1S/C49H62N10O6S/c1-30(2)44(48(63)59-27-36(60)23-40(59)47(62)52-31(3)34-9-11-35(12-10-34)45-32(4)51-29-66-45)42-25-43(56-65-42)64-22-21-57-17-13-33(14-18-57)26-58-19-15-49(16-20-58)28-50-46-39(53-49)24-38(54-55-46)37-7-5-6-8-41(37)61/h5-12,24-25,29-31,33,36,40,44,53,60-61H,13-23,26-28H2,1-4H3,(H,50,55)(H,52,62)/t31-,36+,40-,44+/m0/s1. The first-order valence-corrected chi connectivity index (χ1v) is 24.3. The third kappa shape index (κ3) is 10.0. The average Bonchev–Trinajstić information content (AvgIpc) is 4.07. The Bertz CT molecular complexity index is 2460. The van der Waals surface area contributed by atoms with Crippen LogP contribution in [-0.2, 0) is 9.59 Å². The van der Waals surface area contributed by atoms with Gasteiger partial charge in [-0.3, -0.25) is 14.5 Å². The highest BCUT2D eigenvalue weighted by Crippen LogP contribution is 2.38. The number of hydrogen-bond donors (Lipinski definition) is 5. The first kappa shape index (κ1) is 45.5. The van der Waals surface area contributed by atoms with Crippen LogP contribution in [0.2, 0.25) is 0 Å². The van der Waals surface area contributed by atoms with Crippen molar-refractivity contribution in [3.05, 3.63) is 83.2 Å². The van der Waals surface area contributed by atoms with Gasteiger partial charge in [0.2, 0.25) is 11.8 Å². The van der Waals surface area contributed by atoms with Crippen LogP contribution in [0.4, 0.5) is 11.5 Å². The number of hydrogen-bond acceptors (Lipinski definition) is 15. The molecule has 3 aromatic heterocycles. The molecule has 2 amide bonds. The molecule has 66 heavy (non-hydrogen) atoms. The van der Waals surface area contributed by atoms with E-state index in [9.17, 15) is 19.8 Å². The van der Waals surface area contributed by atoms with Gasteiger partial charge in [-0.2, -0.15) is 0 Å². The van der Waals surface area contributed by atoms with Crippen molar-refractivity contribution in [1.82, 2.24) is 40.4 Å². The number of nitrogens with zero attached hydrogens (tertiary/aromatic N) is 7. The van der Waals surface area contributed by atoms with Crippen LogP contribution in [0.3, 0.4) is 0 Å². The fourth-order valence-corrected chi connectivity index (χ4v) is 10.9. The van der Waals surface area contributed by atoms with Crippen molar-refractivity contribution in [2.75, 3.05) is 69.6 Å². The topological polar surface area (TPSA) is 194 Å². The molecular weight excluding hydrogens is 857 g/mol. The van der Waals surface area contributed by atoms with Crippen LogP contribution < -0.4 is 20.7 Å². The fourth-order valence-electron chi connectivity index (χ4n) is 10.1. The molecular formula is C49H62N10O6S. The van der Waals surface area contributed by atoms with Crippen molar-refractivity contribution in [2.24, 2.45) is 11.8 Å². The highest BCUT2D eigenvalue weighted by atomic mass is 32.1. The maximum Gasteiger partial charge on any atom is 0.254 e. The van der Waals surface area contributed by atoms with E-state index < -0.39 is 18.1 Å². The number of para-hydroxylation sites is 1. The number of nitrogens with one attached hydrogen (secondary N) is 3. The van der Waals surface area contributed by atoms with Crippen molar-refractivity contribution in [3.63, 3.8) is 0 Å². The van der Waals surface area contributed by atoms with Gasteiger partial charge in [0.15, 0.2) is 11.6 Å². The lowest BCUT2D eigenvalue weighted by molar-refractivity contribution is -0.141. The van der Waals surface area contributed by atoms with Gasteiger partial charge >= 0.3 is 0 Å². The molecule has 4 atom stereocenters. The number of β-amino-alcohol motifs (C(OH)–C–C–N with tert-alkyl or cyclic N) is 1. The van der Waals surface area contributed by atoms with Gasteiger partial charge in [0.1, 0.15) is 24.3 Å². The number of aromatic hydroxyl groups is 1. The number of benzene rings is 2. The minimum atomic E-state index is -0.816. The zero-order chi connectivity index (χ0) is 46.0. The number of carbonyl (C=O) groups excluding carboxylic acids is 2. The predicted molar refractivity (Wildman–Crippen MR) is 253 cm³/mol. The summed E-state index contributed by atoms with van der Waals surface area (Å²) in [6.07, 6.45) is 3.68. The average molecular weight is 919 g/mol. The van der Waals surface area contributed by atoms with Crippen LogP contribution in [-0.4, -0.2) is 134 Å². The number of aryl methyl sites for hydroxylation is 1. The van der Waals surface area contributed by atoms with Crippen LogP contribution in [0.25, 0.3) is 21.7 Å². The highest BCUT2D eigenvalue weighted by Gasteiger charge is 2.44. The first-order chi connectivity index (χ1) is 31.9. The molecule has 0 unspecified atom stereocenters. The first-order valence-electron chi connectivity index (χ1n) is 23.4. The van der Waals surface area contributed by atoms with E-state index in [2.05, 4.69) is 46.1 Å². The second-order valence-electron chi connectivity index (χ2n) is 19.0. The van der Waals surface area contributed by atoms with E-state index in [1.54, 1.807) is 29.5 Å². The summed E-state index contributed by atoms with van der Waals surface area (Å²) in [6, 6.07) is 17.8. The summed E-state index contributed by atoms with van der Waals surface area (Å²) in [6.45, 7) is 15.1. The van der Waals surface area contributed by atoms with Gasteiger partial charge in [0.05, 0.1) is 45.1 Å². The molecule has 5 aromatic rings. The SMILES string of the molecule is Cc1ncsc1-c1ccc([C@H](C)NC(=O)[C@@H]2C[C@@H](O)CN2C(=O)[C@@H](c2cc(OCCN3CCC(CN4CCC5(CC4)CNc4nnc(-c6ccccc6O)cc4N5)CC3)no2)C(C)C)cc1. The minimum Gasteiger partial charge on any atom is -0.507 e. The fraction of sp³-hybridized carbons (Fsp3) is 0.510. The Morgan fingerprint density at radius 3 is 2.52 bits per heavy atom. The zero-order valence-corrected chi connectivity index (χ0v) is 39.1. The number of thiazole rings is 1. The van der Waals surface area contributed by atoms with E-state index in [1.165, 1.54) is 4.90 Å². The minimum absolute atomic E-state index is 0.0449. The number of aromatic nitrogens is 4. The largest absolute Gasteiger partial charge is 0.507 e. The predicted octanol–water partition coefficient (Wildman–Crippen LogP) is 6.31. The number of piperidine rings is 2. The lowest BCUT2D eigenvalue weighted by atomic mass is 9.85. The molecule has 7 heterocycles. The number of amides is 2. The molecule has 3 saturated heterocycles. The van der Waals surface area contributed by atoms with Crippen LogP contribution in [0.15, 0.2) is 70.7 Å². The molecule has 5 N–H and O–H groups in total. The van der Waals surface area contributed by atoms with E-state index in [0.717, 1.165) is 105 Å². The molecule has 0 radical (unpaired) electrons. The summed E-state index contributed by atoms with van der Waals surface area (Å²) in [5.41, 5.74) is 7.04. The van der Waals surface area contributed by atoms with Crippen molar-refractivity contribution < 1.29 is 29.1 Å². The lowest BCUT2D eigenvalue weighted by Gasteiger charge is -2.46. The summed E-state index contributed by atoms with van der Waals surface area (Å²) in [4.78, 5) is 39.9. The van der Waals surface area contributed by atoms with E-state index >= 15 is 0 Å². The number of ether oxygens (including phenoxy) is 1. The highest BCUT2D eigenvalue weighted by molar-refractivity contribution is 7.13. The quantitative estimate of drug-likeness (QED) is 0.0832. The number of aliphatic hydroxyl groups is 1. The van der Waals surface area contributed by atoms with E-state index in [-0.39, 0.29) is 48.0 Å². The third-order valence-corrected chi connectivity index (χ3v) is 15.0. The summed E-state index contributed by atoms with van der Waals surface area (Å²) in [5, 5.41) is 44.4. The molecule has 350 valence electrons. The molecule has 0 saturated carbocycles. The number of phenols is 1. The summed E-state index contributed by atoms with van der Waals surface area (Å²) >= 11 is 1.60. The Kier molecular flexibility index (Phi) is 13.6. The van der Waals surface area contributed by atoms with Crippen LogP contribution in [0.1, 0.15) is 81.9 Å². The molecule has 17 heteroatoms. The van der Waals surface area contributed by atoms with Gasteiger partial charge in [-0.15, -0.1) is 21.5 Å². The van der Waals surface area contributed by atoms with Crippen molar-refractivity contribution >= 4 is 34.7 Å². The number of carbonyl (C=O) groups is 2. The van der Waals surface area contributed by atoms with Crippen molar-refractivity contribution in [3.8, 4) is 33.3 Å². The Morgan fingerprint density at radius 1 is 1.02 bits per heavy atom. The molecule has 3 fully saturated rings. The molecule has 2 aromatic carbocycles. The zero-order valence-electron chi connectivity index (χ0n) is 38.3. The number of phenolic OH excluding ortho intramolecular Hbond substituents is 1. The Hall–Kier alpha value is -5.62. The lowest BCUT2D eigenvalue weighted by Crippen LogP contribution is -2.55. The van der Waals surface area contributed by atoms with Gasteiger partial charge in [0.25, 0.3) is 5.88 Å². The Balaban J connectivity index is 0.712. The molecule has 0 aliphatic carbocycles. The van der Waals surface area contributed by atoms with Gasteiger partial charge in [-0.05, 0) is 98.9 Å². The van der Waals surface area contributed by atoms with Gasteiger partial charge in [-0.25, -0.2) is 4.98 Å². The summed E-state index contributed by atoms with van der Waals surface area (Å²) in [7, 11) is 0. The maximum atomic E-state index is 14.2. The summed E-state index contributed by atoms with van der Waals surface area (Å²) < 4.78 is 11.8. The van der Waals surface area contributed by atoms with E-state index in [0.29, 0.717) is 35.4 Å². The number of anilines is 2. The number of rotatable bonds is 14. The second-order valence-corrected chi connectivity index (χ2v) is 19.9. The van der Waals surface area contributed by atoms with Gasteiger partial charge < -0.3 is 45.2 Å². The van der Waals surface area contributed by atoms with Gasteiger partial charge in [-0.1, -0.05) is 50.2 Å². The molecule has 4 aliphatic rings. The van der Waals surface area contributed by atoms with Crippen molar-refractivity contribution in [2.45, 2.75) is 89.4 Å². The monoisotopic (exact) mass is 918 g/mol. The van der Waals surface area contributed by atoms with Crippen LogP contribution in [0, 0.1) is 18.8 Å². The summed E-state index contributed by atoms with van der Waals surface area (Å²) in [5.74, 6) is 0.859. The third-order valence-electron chi connectivity index (χ3n) is 14.1. The van der Waals surface area contributed by atoms with E-state index in [4.69, 9.17) is 9.26 Å². The smallest absolute Gasteiger partial charge is 0.254 e. The van der Waals surface area contributed by atoms with Crippen LogP contribution in [0.5, 0.6) is 11.6 Å². The molecule has 1 spiro atoms. The van der Waals surface area contributed by atoms with Gasteiger partial charge in [0, 0.05) is 57.3 Å². The van der Waals surface area contributed by atoms with Crippen LogP contribution >= 0.6 is 11.3 Å². The second kappa shape index (κ2) is 19.7. The van der Waals surface area contributed by atoms with Crippen molar-refractivity contribution in [1.29, 1.82) is 0 Å². The molecule has 9 rings (SSSR count). The van der Waals surface area contributed by atoms with E-state index in [1.807, 2.05) is 75.7 Å². The Labute approximate surface area is 390 Å².